The van der Waals surface area contributed by atoms with E-state index in [9.17, 15) is 4.79 Å². The Morgan fingerprint density at radius 2 is 2.10 bits per heavy atom. The van der Waals surface area contributed by atoms with Crippen molar-refractivity contribution >= 4 is 23.3 Å². The number of ether oxygens (including phenoxy) is 1. The molecule has 1 aliphatic rings. The van der Waals surface area contributed by atoms with Crippen LogP contribution in [-0.4, -0.2) is 29.4 Å². The van der Waals surface area contributed by atoms with Gasteiger partial charge < -0.3 is 20.0 Å². The van der Waals surface area contributed by atoms with Crippen molar-refractivity contribution in [1.82, 2.24) is 5.32 Å². The van der Waals surface area contributed by atoms with E-state index in [0.29, 0.717) is 17.4 Å². The average molecular weight is 431 g/mol. The number of nitrogens with zero attached hydrogens (tertiary/aromatic N) is 1. The molecule has 0 heterocycles. The van der Waals surface area contributed by atoms with Gasteiger partial charge in [-0.1, -0.05) is 35.0 Å². The molecule has 6 nitrogen and oxygen atoms in total. The van der Waals surface area contributed by atoms with E-state index < -0.39 is 5.97 Å². The summed E-state index contributed by atoms with van der Waals surface area (Å²) >= 11 is 6.26. The summed E-state index contributed by atoms with van der Waals surface area (Å²) in [6.07, 6.45) is 1.88. The van der Waals surface area contributed by atoms with Crippen LogP contribution < -0.4 is 10.1 Å². The number of hydrogen-bond acceptors (Lipinski definition) is 5. The van der Waals surface area contributed by atoms with Crippen molar-refractivity contribution in [2.45, 2.75) is 52.4 Å². The molecule has 2 aromatic carbocycles. The molecule has 0 aliphatic heterocycles. The van der Waals surface area contributed by atoms with Gasteiger partial charge in [-0.25, -0.2) is 0 Å². The number of aryl methyl sites for hydroxylation is 1. The van der Waals surface area contributed by atoms with Crippen LogP contribution in [0.2, 0.25) is 5.02 Å². The van der Waals surface area contributed by atoms with Crippen LogP contribution >= 0.6 is 11.6 Å². The standard InChI is InChI=1S/C23H27ClN2O4/c1-14(2)30-22-9-4-16(10-20(22)24)13-29-26-15(3)17-5-7-19-18(11-17)6-8-21(19)25-12-23(27)28/h4-5,7,9-11,14,21,25H,6,8,12-13H2,1-3H3,(H,27,28)/b26-15+. The Morgan fingerprint density at radius 1 is 1.30 bits per heavy atom. The number of carboxylic acids is 1. The molecule has 0 spiro atoms. The third kappa shape index (κ3) is 5.74. The number of carbonyl (C=O) groups is 1. The summed E-state index contributed by atoms with van der Waals surface area (Å²) in [6.45, 7) is 6.09. The Morgan fingerprint density at radius 3 is 2.80 bits per heavy atom. The van der Waals surface area contributed by atoms with Gasteiger partial charge in [0, 0.05) is 6.04 Å². The van der Waals surface area contributed by atoms with Gasteiger partial charge in [0.05, 0.1) is 23.4 Å². The maximum Gasteiger partial charge on any atom is 0.317 e. The largest absolute Gasteiger partial charge is 0.489 e. The molecule has 160 valence electrons. The molecule has 0 amide bonds. The molecule has 1 atom stereocenters. The highest BCUT2D eigenvalue weighted by Gasteiger charge is 2.23. The average Bonchev–Trinajstić information content (AvgIpc) is 3.10. The van der Waals surface area contributed by atoms with E-state index in [0.717, 1.165) is 35.2 Å². The monoisotopic (exact) mass is 430 g/mol. The van der Waals surface area contributed by atoms with Crippen molar-refractivity contribution in [3.05, 3.63) is 63.7 Å². The minimum Gasteiger partial charge on any atom is -0.489 e. The summed E-state index contributed by atoms with van der Waals surface area (Å²) in [5, 5.41) is 16.7. The Bertz CT molecular complexity index is 943. The third-order valence-corrected chi connectivity index (χ3v) is 5.23. The zero-order chi connectivity index (χ0) is 21.7. The van der Waals surface area contributed by atoms with Crippen LogP contribution in [0.4, 0.5) is 0 Å². The fourth-order valence-corrected chi connectivity index (χ4v) is 3.75. The first-order valence-electron chi connectivity index (χ1n) is 10.0. The summed E-state index contributed by atoms with van der Waals surface area (Å²) in [5.74, 6) is -0.187. The van der Waals surface area contributed by atoms with E-state index in [2.05, 4.69) is 16.5 Å². The number of oxime groups is 1. The lowest BCUT2D eigenvalue weighted by Gasteiger charge is -2.13. The van der Waals surface area contributed by atoms with Gasteiger partial charge in [0.2, 0.25) is 0 Å². The number of benzene rings is 2. The first-order chi connectivity index (χ1) is 14.3. The van der Waals surface area contributed by atoms with E-state index >= 15 is 0 Å². The zero-order valence-electron chi connectivity index (χ0n) is 17.4. The van der Waals surface area contributed by atoms with E-state index in [1.165, 1.54) is 5.56 Å². The number of aliphatic carboxylic acids is 1. The Hall–Kier alpha value is -2.57. The molecular weight excluding hydrogens is 404 g/mol. The van der Waals surface area contributed by atoms with Gasteiger partial charge in [-0.05, 0) is 74.1 Å². The Kier molecular flexibility index (Phi) is 7.34. The molecule has 0 fully saturated rings. The summed E-state index contributed by atoms with van der Waals surface area (Å²) in [5.41, 5.74) is 5.07. The SMILES string of the molecule is C/C(=N\OCc1ccc(OC(C)C)c(Cl)c1)c1ccc2c(c1)CCC2NCC(=O)O. The van der Waals surface area contributed by atoms with Crippen LogP contribution in [0.25, 0.3) is 0 Å². The summed E-state index contributed by atoms with van der Waals surface area (Å²) in [7, 11) is 0. The number of carboxylic acid groups (broad SMARTS) is 1. The molecule has 0 radical (unpaired) electrons. The summed E-state index contributed by atoms with van der Waals surface area (Å²) < 4.78 is 5.64. The molecule has 30 heavy (non-hydrogen) atoms. The summed E-state index contributed by atoms with van der Waals surface area (Å²) in [4.78, 5) is 16.3. The number of halogens is 1. The van der Waals surface area contributed by atoms with Gasteiger partial charge in [0.25, 0.3) is 0 Å². The second-order valence-electron chi connectivity index (χ2n) is 7.66. The van der Waals surface area contributed by atoms with Gasteiger partial charge in [-0.3, -0.25) is 4.79 Å². The lowest BCUT2D eigenvalue weighted by molar-refractivity contribution is -0.136. The van der Waals surface area contributed by atoms with Crippen molar-refractivity contribution in [3.8, 4) is 5.75 Å². The molecule has 0 bridgehead atoms. The maximum absolute atomic E-state index is 10.8. The molecule has 3 rings (SSSR count). The smallest absolute Gasteiger partial charge is 0.317 e. The molecule has 2 N–H and O–H groups in total. The fourth-order valence-electron chi connectivity index (χ4n) is 3.51. The molecule has 0 aromatic heterocycles. The highest BCUT2D eigenvalue weighted by Crippen LogP contribution is 2.32. The van der Waals surface area contributed by atoms with Gasteiger partial charge in [-0.15, -0.1) is 0 Å². The highest BCUT2D eigenvalue weighted by atomic mass is 35.5. The lowest BCUT2D eigenvalue weighted by atomic mass is 10.0. The van der Waals surface area contributed by atoms with Crippen molar-refractivity contribution < 1.29 is 19.5 Å². The van der Waals surface area contributed by atoms with E-state index in [-0.39, 0.29) is 18.7 Å². The summed E-state index contributed by atoms with van der Waals surface area (Å²) in [6, 6.07) is 11.8. The predicted molar refractivity (Wildman–Crippen MR) is 117 cm³/mol. The quantitative estimate of drug-likeness (QED) is 0.444. The molecule has 1 aliphatic carbocycles. The zero-order valence-corrected chi connectivity index (χ0v) is 18.2. The molecule has 1 unspecified atom stereocenters. The van der Waals surface area contributed by atoms with Gasteiger partial charge in [-0.2, -0.15) is 0 Å². The highest BCUT2D eigenvalue weighted by molar-refractivity contribution is 6.32. The van der Waals surface area contributed by atoms with Crippen molar-refractivity contribution in [2.24, 2.45) is 5.16 Å². The Balaban J connectivity index is 1.60. The first kappa shape index (κ1) is 22.1. The van der Waals surface area contributed by atoms with E-state index in [4.69, 9.17) is 26.3 Å². The van der Waals surface area contributed by atoms with Crippen molar-refractivity contribution in [1.29, 1.82) is 0 Å². The van der Waals surface area contributed by atoms with Gasteiger partial charge >= 0.3 is 5.97 Å². The minimum atomic E-state index is -0.844. The third-order valence-electron chi connectivity index (χ3n) is 4.93. The Labute approximate surface area is 181 Å². The van der Waals surface area contributed by atoms with Gasteiger partial charge in [0.1, 0.15) is 12.4 Å². The molecule has 7 heteroatoms. The fraction of sp³-hybridized carbons (Fsp3) is 0.391. The second-order valence-corrected chi connectivity index (χ2v) is 8.07. The lowest BCUT2D eigenvalue weighted by Crippen LogP contribution is -2.25. The number of nitrogens with one attached hydrogen (secondary N) is 1. The maximum atomic E-state index is 10.8. The minimum absolute atomic E-state index is 0.0330. The number of hydrogen-bond donors (Lipinski definition) is 2. The molecular formula is C23H27ClN2O4. The van der Waals surface area contributed by atoms with Gasteiger partial charge in [0.15, 0.2) is 0 Å². The second kappa shape index (κ2) is 9.96. The van der Waals surface area contributed by atoms with Crippen LogP contribution in [0.15, 0.2) is 41.6 Å². The predicted octanol–water partition coefficient (Wildman–Crippen LogP) is 4.73. The normalized spacial score (nSPS) is 15.9. The van der Waals surface area contributed by atoms with Crippen LogP contribution in [0.3, 0.4) is 0 Å². The van der Waals surface area contributed by atoms with E-state index in [1.54, 1.807) is 0 Å². The molecule has 0 saturated carbocycles. The first-order valence-corrected chi connectivity index (χ1v) is 10.4. The number of rotatable bonds is 9. The van der Waals surface area contributed by atoms with Crippen LogP contribution in [0.5, 0.6) is 5.75 Å². The van der Waals surface area contributed by atoms with Crippen LogP contribution in [-0.2, 0) is 22.7 Å². The topological polar surface area (TPSA) is 80.2 Å². The van der Waals surface area contributed by atoms with Crippen molar-refractivity contribution in [2.75, 3.05) is 6.54 Å². The molecule has 2 aromatic rings. The molecule has 0 saturated heterocycles. The van der Waals surface area contributed by atoms with Crippen molar-refractivity contribution in [3.63, 3.8) is 0 Å². The van der Waals surface area contributed by atoms with Crippen LogP contribution in [0.1, 0.15) is 55.5 Å². The number of fused-ring (bicyclic) bond motifs is 1. The van der Waals surface area contributed by atoms with E-state index in [1.807, 2.05) is 51.1 Å². The van der Waals surface area contributed by atoms with Crippen LogP contribution in [0, 0.1) is 0 Å².